The van der Waals surface area contributed by atoms with E-state index in [4.69, 9.17) is 16.7 Å². The number of anilines is 2. The maximum atomic E-state index is 13.0. The van der Waals surface area contributed by atoms with Crippen LogP contribution in [-0.4, -0.2) is 11.1 Å². The Kier molecular flexibility index (Phi) is 3.48. The maximum absolute atomic E-state index is 13.0. The Morgan fingerprint density at radius 2 is 1.94 bits per heavy atom. The van der Waals surface area contributed by atoms with Crippen LogP contribution in [0, 0.1) is 5.82 Å². The van der Waals surface area contributed by atoms with Gasteiger partial charge >= 0.3 is 5.97 Å². The van der Waals surface area contributed by atoms with E-state index in [0.717, 1.165) is 0 Å². The van der Waals surface area contributed by atoms with Gasteiger partial charge in [-0.2, -0.15) is 0 Å². The molecule has 0 atom stereocenters. The van der Waals surface area contributed by atoms with Crippen LogP contribution in [0.2, 0.25) is 5.02 Å². The van der Waals surface area contributed by atoms with Crippen molar-refractivity contribution in [1.29, 1.82) is 0 Å². The molecule has 18 heavy (non-hydrogen) atoms. The number of carboxylic acid groups (broad SMARTS) is 1. The van der Waals surface area contributed by atoms with E-state index < -0.39 is 11.8 Å². The van der Waals surface area contributed by atoms with Gasteiger partial charge < -0.3 is 10.4 Å². The van der Waals surface area contributed by atoms with E-state index in [1.165, 1.54) is 24.3 Å². The van der Waals surface area contributed by atoms with Crippen LogP contribution in [0.15, 0.2) is 42.5 Å². The monoisotopic (exact) mass is 265 g/mol. The lowest BCUT2D eigenvalue weighted by atomic mass is 10.1. The normalized spacial score (nSPS) is 10.1. The van der Waals surface area contributed by atoms with E-state index in [-0.39, 0.29) is 10.6 Å². The number of rotatable bonds is 3. The fraction of sp³-hybridized carbons (Fsp3) is 0. The van der Waals surface area contributed by atoms with Crippen molar-refractivity contribution in [2.24, 2.45) is 0 Å². The fourth-order valence-corrected chi connectivity index (χ4v) is 1.69. The number of hydrogen-bond donors (Lipinski definition) is 2. The summed E-state index contributed by atoms with van der Waals surface area (Å²) in [6, 6.07) is 10.5. The third-order valence-electron chi connectivity index (χ3n) is 2.36. The molecule has 0 aliphatic rings. The number of aromatic carboxylic acids is 1. The summed E-state index contributed by atoms with van der Waals surface area (Å²) in [5, 5.41) is 11.9. The first-order valence-corrected chi connectivity index (χ1v) is 5.50. The number of hydrogen-bond acceptors (Lipinski definition) is 2. The third-order valence-corrected chi connectivity index (χ3v) is 2.65. The Morgan fingerprint density at radius 1 is 1.22 bits per heavy atom. The number of halogens is 2. The summed E-state index contributed by atoms with van der Waals surface area (Å²) in [6.45, 7) is 0. The van der Waals surface area contributed by atoms with Crippen molar-refractivity contribution in [3.05, 3.63) is 58.9 Å². The summed E-state index contributed by atoms with van der Waals surface area (Å²) >= 11 is 5.65. The van der Waals surface area contributed by atoms with Gasteiger partial charge in [0.2, 0.25) is 0 Å². The first-order chi connectivity index (χ1) is 8.58. The lowest BCUT2D eigenvalue weighted by Crippen LogP contribution is -2.02. The first kappa shape index (κ1) is 12.4. The minimum Gasteiger partial charge on any atom is -0.478 e. The summed E-state index contributed by atoms with van der Waals surface area (Å²) in [5.41, 5.74) is 1.08. The molecule has 0 aliphatic carbocycles. The molecule has 0 aromatic heterocycles. The largest absolute Gasteiger partial charge is 0.478 e. The Hall–Kier alpha value is -2.07. The molecule has 0 amide bonds. The average Bonchev–Trinajstić information content (AvgIpc) is 2.34. The van der Waals surface area contributed by atoms with Gasteiger partial charge in [-0.1, -0.05) is 23.7 Å². The van der Waals surface area contributed by atoms with Crippen molar-refractivity contribution >= 4 is 28.9 Å². The summed E-state index contributed by atoms with van der Waals surface area (Å²) in [5.74, 6) is -1.56. The second kappa shape index (κ2) is 5.06. The SMILES string of the molecule is O=C(O)c1ccccc1Nc1ccc(F)c(Cl)c1. The molecule has 0 bridgehead atoms. The van der Waals surface area contributed by atoms with E-state index in [0.29, 0.717) is 11.4 Å². The molecule has 92 valence electrons. The quantitative estimate of drug-likeness (QED) is 0.884. The zero-order chi connectivity index (χ0) is 13.1. The molecule has 5 heteroatoms. The van der Waals surface area contributed by atoms with Crippen molar-refractivity contribution in [2.75, 3.05) is 5.32 Å². The number of carboxylic acids is 1. The van der Waals surface area contributed by atoms with E-state index in [1.807, 2.05) is 0 Å². The molecule has 0 aliphatic heterocycles. The highest BCUT2D eigenvalue weighted by atomic mass is 35.5. The number of carbonyl (C=O) groups is 1. The molecule has 2 rings (SSSR count). The van der Waals surface area contributed by atoms with Gasteiger partial charge in [0.25, 0.3) is 0 Å². The van der Waals surface area contributed by atoms with E-state index in [9.17, 15) is 9.18 Å². The summed E-state index contributed by atoms with van der Waals surface area (Å²) in [7, 11) is 0. The van der Waals surface area contributed by atoms with Crippen LogP contribution in [0.3, 0.4) is 0 Å². The molecular weight excluding hydrogens is 257 g/mol. The van der Waals surface area contributed by atoms with Crippen LogP contribution >= 0.6 is 11.6 Å². The van der Waals surface area contributed by atoms with Crippen molar-refractivity contribution in [3.63, 3.8) is 0 Å². The lowest BCUT2D eigenvalue weighted by Gasteiger charge is -2.09. The molecule has 0 spiro atoms. The smallest absolute Gasteiger partial charge is 0.337 e. The standard InChI is InChI=1S/C13H9ClFNO2/c14-10-7-8(5-6-11(10)15)16-12-4-2-1-3-9(12)13(17)18/h1-7,16H,(H,17,18). The lowest BCUT2D eigenvalue weighted by molar-refractivity contribution is 0.0698. The number of nitrogens with one attached hydrogen (secondary N) is 1. The second-order valence-corrected chi connectivity index (χ2v) is 4.01. The van der Waals surface area contributed by atoms with Crippen LogP contribution in [0.5, 0.6) is 0 Å². The van der Waals surface area contributed by atoms with E-state index in [1.54, 1.807) is 18.2 Å². The van der Waals surface area contributed by atoms with E-state index >= 15 is 0 Å². The van der Waals surface area contributed by atoms with Crippen molar-refractivity contribution in [3.8, 4) is 0 Å². The average molecular weight is 266 g/mol. The van der Waals surface area contributed by atoms with Crippen molar-refractivity contribution < 1.29 is 14.3 Å². The molecule has 3 nitrogen and oxygen atoms in total. The van der Waals surface area contributed by atoms with E-state index in [2.05, 4.69) is 5.32 Å². The summed E-state index contributed by atoms with van der Waals surface area (Å²) in [6.07, 6.45) is 0. The number of para-hydroxylation sites is 1. The zero-order valence-electron chi connectivity index (χ0n) is 9.15. The van der Waals surface area contributed by atoms with Gasteiger partial charge in [0.1, 0.15) is 5.82 Å². The van der Waals surface area contributed by atoms with Crippen LogP contribution in [0.1, 0.15) is 10.4 Å². The van der Waals surface area contributed by atoms with Gasteiger partial charge in [0.05, 0.1) is 16.3 Å². The van der Waals surface area contributed by atoms with Crippen molar-refractivity contribution in [1.82, 2.24) is 0 Å². The van der Waals surface area contributed by atoms with Gasteiger partial charge in [0.15, 0.2) is 0 Å². The van der Waals surface area contributed by atoms with Crippen LogP contribution in [0.4, 0.5) is 15.8 Å². The van der Waals surface area contributed by atoms with Gasteiger partial charge in [-0.15, -0.1) is 0 Å². The van der Waals surface area contributed by atoms with Crippen LogP contribution in [-0.2, 0) is 0 Å². The molecule has 0 fully saturated rings. The third kappa shape index (κ3) is 2.60. The Balaban J connectivity index is 2.34. The minimum absolute atomic E-state index is 0.0205. The highest BCUT2D eigenvalue weighted by molar-refractivity contribution is 6.31. The topological polar surface area (TPSA) is 49.3 Å². The Bertz CT molecular complexity index is 601. The van der Waals surface area contributed by atoms with Gasteiger partial charge in [-0.25, -0.2) is 9.18 Å². The predicted molar refractivity (Wildman–Crippen MR) is 68.1 cm³/mol. The Labute approximate surface area is 108 Å². The number of benzene rings is 2. The van der Waals surface area contributed by atoms with Crippen LogP contribution < -0.4 is 5.32 Å². The highest BCUT2D eigenvalue weighted by Crippen LogP contribution is 2.24. The maximum Gasteiger partial charge on any atom is 0.337 e. The zero-order valence-corrected chi connectivity index (χ0v) is 9.91. The first-order valence-electron chi connectivity index (χ1n) is 5.12. The summed E-state index contributed by atoms with van der Waals surface area (Å²) < 4.78 is 13.0. The van der Waals surface area contributed by atoms with Crippen molar-refractivity contribution in [2.45, 2.75) is 0 Å². The van der Waals surface area contributed by atoms with Crippen LogP contribution in [0.25, 0.3) is 0 Å². The molecular formula is C13H9ClFNO2. The minimum atomic E-state index is -1.04. The molecule has 0 unspecified atom stereocenters. The fourth-order valence-electron chi connectivity index (χ4n) is 1.51. The second-order valence-electron chi connectivity index (χ2n) is 3.60. The molecule has 2 aromatic rings. The molecule has 0 saturated heterocycles. The van der Waals surface area contributed by atoms with Gasteiger partial charge in [-0.3, -0.25) is 0 Å². The van der Waals surface area contributed by atoms with Gasteiger partial charge in [0, 0.05) is 5.69 Å². The molecule has 0 heterocycles. The molecule has 2 aromatic carbocycles. The Morgan fingerprint density at radius 3 is 2.61 bits per heavy atom. The molecule has 0 saturated carbocycles. The predicted octanol–water partition coefficient (Wildman–Crippen LogP) is 3.92. The molecule has 2 N–H and O–H groups in total. The molecule has 0 radical (unpaired) electrons. The highest BCUT2D eigenvalue weighted by Gasteiger charge is 2.09. The van der Waals surface area contributed by atoms with Gasteiger partial charge in [-0.05, 0) is 30.3 Å². The summed E-state index contributed by atoms with van der Waals surface area (Å²) in [4.78, 5) is 11.0.